The van der Waals surface area contributed by atoms with Crippen LogP contribution in [-0.2, 0) is 0 Å². The fourth-order valence-corrected chi connectivity index (χ4v) is 1.66. The maximum atomic E-state index is 4.23. The van der Waals surface area contributed by atoms with Gasteiger partial charge in [-0.3, -0.25) is 0 Å². The van der Waals surface area contributed by atoms with Crippen LogP contribution in [0.5, 0.6) is 0 Å². The molecular weight excluding hydrogens is 212 g/mol. The summed E-state index contributed by atoms with van der Waals surface area (Å²) in [6.45, 7) is 0. The number of hydrogen-bond acceptors (Lipinski definition) is 3. The number of benzene rings is 1. The molecule has 0 atom stereocenters. The van der Waals surface area contributed by atoms with Crippen LogP contribution in [0.4, 0.5) is 0 Å². The Kier molecular flexibility index (Phi) is 2.38. The van der Waals surface area contributed by atoms with Crippen LogP contribution in [0.15, 0.2) is 61.2 Å². The summed E-state index contributed by atoms with van der Waals surface area (Å²) in [6.07, 6.45) is 7.14. The fraction of sp³-hybridized carbons (Fsp3) is 0. The van der Waals surface area contributed by atoms with Gasteiger partial charge in [0.15, 0.2) is 5.82 Å². The minimum Gasteiger partial charge on any atom is -0.241 e. The van der Waals surface area contributed by atoms with Gasteiger partial charge in [0.25, 0.3) is 0 Å². The first-order valence-electron chi connectivity index (χ1n) is 5.31. The third-order valence-corrected chi connectivity index (χ3v) is 2.44. The molecule has 3 aromatic rings. The fourth-order valence-electron chi connectivity index (χ4n) is 1.66. The smallest absolute Gasteiger partial charge is 0.159 e. The summed E-state index contributed by atoms with van der Waals surface area (Å²) in [6, 6.07) is 11.7. The van der Waals surface area contributed by atoms with E-state index in [1.165, 1.54) is 0 Å². The zero-order chi connectivity index (χ0) is 11.5. The van der Waals surface area contributed by atoms with Crippen molar-refractivity contribution in [3.05, 3.63) is 61.2 Å². The number of aromatic nitrogens is 4. The van der Waals surface area contributed by atoms with Gasteiger partial charge in [-0.05, 0) is 24.3 Å². The second kappa shape index (κ2) is 4.17. The Labute approximate surface area is 98.6 Å². The molecule has 0 unspecified atom stereocenters. The second-order valence-corrected chi connectivity index (χ2v) is 3.57. The van der Waals surface area contributed by atoms with E-state index in [9.17, 15) is 0 Å². The molecule has 0 spiro atoms. The first kappa shape index (κ1) is 9.72. The largest absolute Gasteiger partial charge is 0.241 e. The Morgan fingerprint density at radius 2 is 1.76 bits per heavy atom. The highest BCUT2D eigenvalue weighted by Crippen LogP contribution is 2.17. The summed E-state index contributed by atoms with van der Waals surface area (Å²) < 4.78 is 1.81. The van der Waals surface area contributed by atoms with E-state index in [4.69, 9.17) is 0 Å². The summed E-state index contributed by atoms with van der Waals surface area (Å²) in [7, 11) is 0. The van der Waals surface area contributed by atoms with Crippen LogP contribution >= 0.6 is 0 Å². The average Bonchev–Trinajstić information content (AvgIpc) is 2.94. The van der Waals surface area contributed by atoms with Gasteiger partial charge in [-0.1, -0.05) is 12.1 Å². The summed E-state index contributed by atoms with van der Waals surface area (Å²) in [5.41, 5.74) is 1.98. The molecule has 0 aliphatic carbocycles. The van der Waals surface area contributed by atoms with Crippen LogP contribution in [0.2, 0.25) is 0 Å². The SMILES string of the molecule is c1cnc(-c2cccc(-n3cccn3)c2)nc1. The molecule has 0 N–H and O–H groups in total. The third-order valence-electron chi connectivity index (χ3n) is 2.44. The topological polar surface area (TPSA) is 43.6 Å². The Morgan fingerprint density at radius 1 is 0.882 bits per heavy atom. The maximum absolute atomic E-state index is 4.23. The van der Waals surface area contributed by atoms with Gasteiger partial charge in [0, 0.05) is 30.4 Å². The van der Waals surface area contributed by atoms with E-state index in [1.54, 1.807) is 24.7 Å². The molecule has 1 aromatic carbocycles. The lowest BCUT2D eigenvalue weighted by molar-refractivity contribution is 0.880. The van der Waals surface area contributed by atoms with Crippen molar-refractivity contribution in [2.45, 2.75) is 0 Å². The van der Waals surface area contributed by atoms with Crippen molar-refractivity contribution >= 4 is 0 Å². The summed E-state index contributed by atoms with van der Waals surface area (Å²) >= 11 is 0. The van der Waals surface area contributed by atoms with Gasteiger partial charge in [-0.25, -0.2) is 14.6 Å². The summed E-state index contributed by atoms with van der Waals surface area (Å²) in [4.78, 5) is 8.46. The molecule has 0 bridgehead atoms. The molecule has 2 heterocycles. The summed E-state index contributed by atoms with van der Waals surface area (Å²) in [5, 5.41) is 4.20. The Bertz CT molecular complexity index is 602. The third kappa shape index (κ3) is 1.92. The van der Waals surface area contributed by atoms with E-state index in [0.29, 0.717) is 0 Å². The molecule has 0 radical (unpaired) electrons. The lowest BCUT2D eigenvalue weighted by Gasteiger charge is -2.04. The van der Waals surface area contributed by atoms with Crippen molar-refractivity contribution in [2.75, 3.05) is 0 Å². The van der Waals surface area contributed by atoms with Gasteiger partial charge in [-0.15, -0.1) is 0 Å². The molecule has 0 aliphatic rings. The molecule has 82 valence electrons. The van der Waals surface area contributed by atoms with E-state index in [2.05, 4.69) is 15.1 Å². The average molecular weight is 222 g/mol. The van der Waals surface area contributed by atoms with Crippen LogP contribution < -0.4 is 0 Å². The van der Waals surface area contributed by atoms with Crippen molar-refractivity contribution in [2.24, 2.45) is 0 Å². The predicted octanol–water partition coefficient (Wildman–Crippen LogP) is 2.33. The monoisotopic (exact) mass is 222 g/mol. The quantitative estimate of drug-likeness (QED) is 0.668. The molecule has 2 aromatic heterocycles. The minimum atomic E-state index is 0.724. The first-order chi connectivity index (χ1) is 8.43. The van der Waals surface area contributed by atoms with Crippen LogP contribution in [0, 0.1) is 0 Å². The highest BCUT2D eigenvalue weighted by molar-refractivity contribution is 5.58. The maximum Gasteiger partial charge on any atom is 0.159 e. The number of rotatable bonds is 2. The van der Waals surface area contributed by atoms with E-state index in [0.717, 1.165) is 17.1 Å². The number of nitrogens with zero attached hydrogens (tertiary/aromatic N) is 4. The number of hydrogen-bond donors (Lipinski definition) is 0. The van der Waals surface area contributed by atoms with Gasteiger partial charge in [0.2, 0.25) is 0 Å². The molecule has 0 aliphatic heterocycles. The standard InChI is InChI=1S/C13H10N4/c1-4-11(13-14-6-2-7-15-13)10-12(5-1)17-9-3-8-16-17/h1-10H. The zero-order valence-corrected chi connectivity index (χ0v) is 9.06. The van der Waals surface area contributed by atoms with Gasteiger partial charge < -0.3 is 0 Å². The molecule has 3 rings (SSSR count). The van der Waals surface area contributed by atoms with Crippen molar-refractivity contribution in [3.63, 3.8) is 0 Å². The highest BCUT2D eigenvalue weighted by atomic mass is 15.3. The van der Waals surface area contributed by atoms with E-state index < -0.39 is 0 Å². The van der Waals surface area contributed by atoms with Crippen LogP contribution in [0.3, 0.4) is 0 Å². The molecule has 0 fully saturated rings. The predicted molar refractivity (Wildman–Crippen MR) is 64.6 cm³/mol. The normalized spacial score (nSPS) is 10.4. The van der Waals surface area contributed by atoms with Crippen LogP contribution in [0.1, 0.15) is 0 Å². The molecule has 0 saturated carbocycles. The van der Waals surface area contributed by atoms with Gasteiger partial charge in [0.1, 0.15) is 0 Å². The molecule has 4 heteroatoms. The van der Waals surface area contributed by atoms with Gasteiger partial charge in [-0.2, -0.15) is 5.10 Å². The molecule has 4 nitrogen and oxygen atoms in total. The van der Waals surface area contributed by atoms with Crippen LogP contribution in [-0.4, -0.2) is 19.7 Å². The Morgan fingerprint density at radius 3 is 2.53 bits per heavy atom. The summed E-state index contributed by atoms with van der Waals surface area (Å²) in [5.74, 6) is 0.724. The Balaban J connectivity index is 2.06. The lowest BCUT2D eigenvalue weighted by Crippen LogP contribution is -1.95. The van der Waals surface area contributed by atoms with E-state index >= 15 is 0 Å². The molecule has 0 saturated heterocycles. The highest BCUT2D eigenvalue weighted by Gasteiger charge is 2.02. The van der Waals surface area contributed by atoms with Crippen molar-refractivity contribution in [1.29, 1.82) is 0 Å². The second-order valence-electron chi connectivity index (χ2n) is 3.57. The van der Waals surface area contributed by atoms with Gasteiger partial charge >= 0.3 is 0 Å². The van der Waals surface area contributed by atoms with Gasteiger partial charge in [0.05, 0.1) is 5.69 Å². The van der Waals surface area contributed by atoms with Crippen molar-refractivity contribution in [1.82, 2.24) is 19.7 Å². The first-order valence-corrected chi connectivity index (χ1v) is 5.31. The lowest BCUT2D eigenvalue weighted by atomic mass is 10.2. The van der Waals surface area contributed by atoms with Crippen molar-refractivity contribution < 1.29 is 0 Å². The zero-order valence-electron chi connectivity index (χ0n) is 9.06. The minimum absolute atomic E-state index is 0.724. The van der Waals surface area contributed by atoms with E-state index in [1.807, 2.05) is 41.2 Å². The van der Waals surface area contributed by atoms with Crippen molar-refractivity contribution in [3.8, 4) is 17.1 Å². The molecule has 17 heavy (non-hydrogen) atoms. The van der Waals surface area contributed by atoms with Crippen LogP contribution in [0.25, 0.3) is 17.1 Å². The van der Waals surface area contributed by atoms with E-state index in [-0.39, 0.29) is 0 Å². The molecular formula is C13H10N4. The Hall–Kier alpha value is -2.49. The molecule has 0 amide bonds.